The first-order chi connectivity index (χ1) is 18.0. The number of Topliss-reactive ketones (excluding diaryl/α,β-unsaturated/α-hetero) is 1. The van der Waals surface area contributed by atoms with Gasteiger partial charge in [0.05, 0.1) is 24.9 Å². The van der Waals surface area contributed by atoms with Gasteiger partial charge in [-0.15, -0.1) is 0 Å². The van der Waals surface area contributed by atoms with Gasteiger partial charge in [0.2, 0.25) is 0 Å². The van der Waals surface area contributed by atoms with Crippen LogP contribution in [-0.4, -0.2) is 88.0 Å². The Labute approximate surface area is 220 Å². The van der Waals surface area contributed by atoms with Gasteiger partial charge in [-0.1, -0.05) is 13.0 Å². The zero-order chi connectivity index (χ0) is 27.1. The molecule has 3 saturated heterocycles. The third kappa shape index (κ3) is 3.27. The number of hydrogen-bond acceptors (Lipinski definition) is 10. The molecule has 38 heavy (non-hydrogen) atoms. The minimum absolute atomic E-state index is 0.108. The number of ketones is 1. The van der Waals surface area contributed by atoms with Crippen molar-refractivity contribution in [1.29, 1.82) is 0 Å². The summed E-state index contributed by atoms with van der Waals surface area (Å²) in [4.78, 5) is 38.7. The highest BCUT2D eigenvalue weighted by molar-refractivity contribution is 5.88. The molecule has 3 N–H and O–H groups in total. The van der Waals surface area contributed by atoms with Crippen LogP contribution in [0.15, 0.2) is 23.8 Å². The molecule has 10 atom stereocenters. The van der Waals surface area contributed by atoms with E-state index in [4.69, 9.17) is 18.9 Å². The van der Waals surface area contributed by atoms with Crippen LogP contribution in [0.3, 0.4) is 0 Å². The number of carbonyl (C=O) groups excluding carboxylic acids is 3. The van der Waals surface area contributed by atoms with Crippen molar-refractivity contribution < 1.29 is 48.7 Å². The lowest BCUT2D eigenvalue weighted by Gasteiger charge is -2.70. The Morgan fingerprint density at radius 3 is 2.68 bits per heavy atom. The number of hydrogen-bond donors (Lipinski definition) is 3. The molecule has 0 aromatic heterocycles. The van der Waals surface area contributed by atoms with Crippen molar-refractivity contribution in [1.82, 2.24) is 0 Å². The molecular formula is C28H36O10. The molecule has 10 heteroatoms. The van der Waals surface area contributed by atoms with Gasteiger partial charge in [-0.3, -0.25) is 4.79 Å². The molecule has 0 aromatic carbocycles. The van der Waals surface area contributed by atoms with Gasteiger partial charge in [-0.05, 0) is 51.0 Å². The molecule has 10 nitrogen and oxygen atoms in total. The fourth-order valence-corrected chi connectivity index (χ4v) is 8.66. The summed E-state index contributed by atoms with van der Waals surface area (Å²) in [5.74, 6) is -1.96. The quantitative estimate of drug-likeness (QED) is 0.416. The molecular weight excluding hydrogens is 496 g/mol. The molecule has 6 fully saturated rings. The van der Waals surface area contributed by atoms with Crippen molar-refractivity contribution in [3.8, 4) is 0 Å². The Kier molecular flexibility index (Phi) is 5.98. The largest absolute Gasteiger partial charge is 0.462 e. The van der Waals surface area contributed by atoms with Crippen LogP contribution in [0.25, 0.3) is 0 Å². The molecule has 0 radical (unpaired) electrons. The average Bonchev–Trinajstić information content (AvgIpc) is 3.02. The molecule has 8 bridgehead atoms. The number of carbonyl (C=O) groups is 3. The van der Waals surface area contributed by atoms with Gasteiger partial charge >= 0.3 is 11.9 Å². The van der Waals surface area contributed by atoms with Crippen LogP contribution < -0.4 is 0 Å². The lowest BCUT2D eigenvalue weighted by Crippen LogP contribution is -2.78. The summed E-state index contributed by atoms with van der Waals surface area (Å²) in [5.41, 5.74) is -4.41. The van der Waals surface area contributed by atoms with E-state index in [1.165, 1.54) is 19.1 Å². The SMILES string of the molecule is CC(=O)[C@@]12CC/C=C\C(=O)O[C@@H]3C[C@H]4O[C@@H]5[C@H]6C[C@]4(O)C3(C)[C@]5(CC[C@@H]6O)COC(=O)/C=C(/CCO1)[C@H]2O. The normalized spacial score (nSPS) is 52.4. The molecule has 0 amide bonds. The van der Waals surface area contributed by atoms with Gasteiger partial charge in [-0.2, -0.15) is 0 Å². The second kappa shape index (κ2) is 8.69. The standard InChI is InChI=1S/C28H36O10/c1-15(29)27-8-4-3-5-21(31)37-19-12-20-28(34)13-17-18(30)6-9-26(24(17)38-20,25(19,28)2)14-35-22(32)11-16(23(27)33)7-10-36-27/h3,5,11,17-20,23-24,30,33-34H,4,6-10,12-14H2,1-2H3/b5-3-,16-11-/t17-,18-,19+,20+,23+,24+,25?,26+,27+,28+/m0/s1. The fraction of sp³-hybridized carbons (Fsp3) is 0.750. The summed E-state index contributed by atoms with van der Waals surface area (Å²) in [6.45, 7) is 3.28. The van der Waals surface area contributed by atoms with E-state index in [9.17, 15) is 29.7 Å². The number of aliphatic hydroxyl groups is 3. The first-order valence-electron chi connectivity index (χ1n) is 13.6. The van der Waals surface area contributed by atoms with Gasteiger partial charge < -0.3 is 34.3 Å². The number of allylic oxidation sites excluding steroid dienone is 1. The molecule has 7 rings (SSSR count). The highest BCUT2D eigenvalue weighted by atomic mass is 16.6. The molecule has 7 aliphatic rings. The predicted molar refractivity (Wildman–Crippen MR) is 129 cm³/mol. The van der Waals surface area contributed by atoms with Crippen molar-refractivity contribution in [3.63, 3.8) is 0 Å². The van der Waals surface area contributed by atoms with Crippen molar-refractivity contribution >= 4 is 17.7 Å². The van der Waals surface area contributed by atoms with Crippen molar-refractivity contribution in [2.75, 3.05) is 13.2 Å². The minimum Gasteiger partial charge on any atom is -0.462 e. The van der Waals surface area contributed by atoms with Crippen LogP contribution in [0.4, 0.5) is 0 Å². The lowest BCUT2D eigenvalue weighted by atomic mass is 9.41. The second-order valence-corrected chi connectivity index (χ2v) is 12.2. The smallest absolute Gasteiger partial charge is 0.330 e. The topological polar surface area (TPSA) is 149 Å². The molecule has 1 unspecified atom stereocenters. The predicted octanol–water partition coefficient (Wildman–Crippen LogP) is 0.896. The third-order valence-corrected chi connectivity index (χ3v) is 10.8. The van der Waals surface area contributed by atoms with E-state index >= 15 is 0 Å². The summed E-state index contributed by atoms with van der Waals surface area (Å²) in [6.07, 6.45) is 2.54. The summed E-state index contributed by atoms with van der Waals surface area (Å²) >= 11 is 0. The van der Waals surface area contributed by atoms with Crippen molar-refractivity contribution in [2.24, 2.45) is 16.7 Å². The average molecular weight is 533 g/mol. The molecule has 3 saturated carbocycles. The van der Waals surface area contributed by atoms with E-state index in [2.05, 4.69) is 0 Å². The van der Waals surface area contributed by atoms with E-state index in [1.807, 2.05) is 6.92 Å². The molecule has 4 aliphatic heterocycles. The summed E-state index contributed by atoms with van der Waals surface area (Å²) in [7, 11) is 0. The molecule has 0 aromatic rings. The van der Waals surface area contributed by atoms with Crippen LogP contribution in [-0.2, 0) is 33.3 Å². The monoisotopic (exact) mass is 532 g/mol. The van der Waals surface area contributed by atoms with E-state index in [1.54, 1.807) is 6.08 Å². The Morgan fingerprint density at radius 1 is 1.13 bits per heavy atom. The van der Waals surface area contributed by atoms with Gasteiger partial charge in [0.25, 0.3) is 0 Å². The maximum absolute atomic E-state index is 13.1. The molecule has 208 valence electrons. The molecule has 1 spiro atoms. The van der Waals surface area contributed by atoms with E-state index in [-0.39, 0.29) is 44.2 Å². The number of ether oxygens (including phenoxy) is 4. The maximum Gasteiger partial charge on any atom is 0.330 e. The fourth-order valence-electron chi connectivity index (χ4n) is 8.66. The first-order valence-corrected chi connectivity index (χ1v) is 13.6. The Balaban J connectivity index is 1.41. The Morgan fingerprint density at radius 2 is 1.92 bits per heavy atom. The van der Waals surface area contributed by atoms with E-state index < -0.39 is 64.5 Å². The number of cyclic esters (lactones) is 1. The van der Waals surface area contributed by atoms with E-state index in [0.717, 1.165) is 0 Å². The van der Waals surface area contributed by atoms with Gasteiger partial charge in [-0.25, -0.2) is 9.59 Å². The third-order valence-electron chi connectivity index (χ3n) is 10.8. The molecule has 4 heterocycles. The number of esters is 2. The van der Waals surface area contributed by atoms with Crippen molar-refractivity contribution in [3.05, 3.63) is 23.8 Å². The Bertz CT molecular complexity index is 1110. The van der Waals surface area contributed by atoms with Crippen LogP contribution in [0.1, 0.15) is 58.8 Å². The van der Waals surface area contributed by atoms with Gasteiger partial charge in [0.15, 0.2) is 11.4 Å². The van der Waals surface area contributed by atoms with E-state index in [0.29, 0.717) is 31.3 Å². The number of rotatable bonds is 1. The summed E-state index contributed by atoms with van der Waals surface area (Å²) in [5, 5.41) is 34.0. The van der Waals surface area contributed by atoms with Gasteiger partial charge in [0.1, 0.15) is 24.4 Å². The second-order valence-electron chi connectivity index (χ2n) is 12.2. The maximum atomic E-state index is 13.1. The van der Waals surface area contributed by atoms with Gasteiger partial charge in [0, 0.05) is 35.3 Å². The number of fused-ring (bicyclic) bond motifs is 2. The van der Waals surface area contributed by atoms with Crippen molar-refractivity contribution in [2.45, 2.75) is 101 Å². The van der Waals surface area contributed by atoms with Crippen LogP contribution in [0.5, 0.6) is 0 Å². The Hall–Kier alpha value is -2.11. The summed E-state index contributed by atoms with van der Waals surface area (Å²) in [6, 6.07) is 0. The molecule has 3 aliphatic carbocycles. The lowest BCUT2D eigenvalue weighted by molar-refractivity contribution is -0.367. The first kappa shape index (κ1) is 26.1. The number of aliphatic hydroxyl groups excluding tert-OH is 2. The summed E-state index contributed by atoms with van der Waals surface area (Å²) < 4.78 is 24.0. The minimum atomic E-state index is -1.53. The zero-order valence-corrected chi connectivity index (χ0v) is 21.8. The highest BCUT2D eigenvalue weighted by Gasteiger charge is 2.82. The highest BCUT2D eigenvalue weighted by Crippen LogP contribution is 2.73. The van der Waals surface area contributed by atoms with Crippen LogP contribution in [0, 0.1) is 16.7 Å². The zero-order valence-electron chi connectivity index (χ0n) is 21.8. The van der Waals surface area contributed by atoms with Crippen LogP contribution >= 0.6 is 0 Å². The van der Waals surface area contributed by atoms with Crippen LogP contribution in [0.2, 0.25) is 0 Å².